The zero-order chi connectivity index (χ0) is 2.00. The average Bonchev–Trinajstić information content (AvgIpc) is 1.00. The van der Waals surface area contributed by atoms with Gasteiger partial charge in [0.1, 0.15) is 0 Å². The van der Waals surface area contributed by atoms with Crippen LogP contribution in [0.1, 0.15) is 0 Å². The molecule has 0 spiro atoms. The van der Waals surface area contributed by atoms with E-state index in [1.54, 1.807) is 0 Å². The van der Waals surface area contributed by atoms with Gasteiger partial charge in [-0.25, -0.2) is 11.9 Å². The Balaban J connectivity index is -0.00000000500. The zero-order valence-corrected chi connectivity index (χ0v) is 6.04. The minimum absolute atomic E-state index is 0. The van der Waals surface area contributed by atoms with Crippen molar-refractivity contribution in [3.63, 3.8) is 0 Å². The van der Waals surface area contributed by atoms with Crippen LogP contribution in [0.4, 0.5) is 0 Å². The van der Waals surface area contributed by atoms with Gasteiger partial charge < -0.3 is 4.66 Å². The van der Waals surface area contributed by atoms with Crippen LogP contribution in [0.5, 0.6) is 0 Å². The molecule has 0 aliphatic heterocycles. The molecule has 0 saturated heterocycles. The third-order valence-electron chi connectivity index (χ3n) is 0. The molecule has 0 atom stereocenters. The maximum absolute atomic E-state index is 7.72. The number of rotatable bonds is 0. The molecule has 0 aromatic heterocycles. The van der Waals surface area contributed by atoms with Crippen LogP contribution in [0.3, 0.4) is 0 Å². The molecule has 0 amide bonds. The fourth-order valence-electron chi connectivity index (χ4n) is 0. The summed E-state index contributed by atoms with van der Waals surface area (Å²) in [7, 11) is 0. The van der Waals surface area contributed by atoms with E-state index in [1.807, 2.05) is 0 Å². The van der Waals surface area contributed by atoms with Crippen molar-refractivity contribution < 1.29 is 34.2 Å². The van der Waals surface area contributed by atoms with E-state index >= 15 is 0 Å². The largest absolute Gasteiger partial charge is 1.00 e. The average molecular weight is 109 g/mol. The Labute approximate surface area is 59.3 Å². The van der Waals surface area contributed by atoms with Crippen molar-refractivity contribution in [2.45, 2.75) is 0 Å². The van der Waals surface area contributed by atoms with Gasteiger partial charge >= 0.3 is 29.6 Å². The molecule has 0 saturated carbocycles. The van der Waals surface area contributed by atoms with Gasteiger partial charge in [0.15, 0.2) is 0 Å². The summed E-state index contributed by atoms with van der Waals surface area (Å²) in [6, 6.07) is 0. The molecule has 4 heteroatoms. The predicted molar refractivity (Wildman–Crippen MR) is 16.2 cm³/mol. The molecule has 0 radical (unpaired) electrons. The molecular weight excluding hydrogens is 107 g/mol. The standard InChI is InChI=1S/ClO.Na.H2S/c1-2;;/h;;1H2/q-1;+1;. The second-order valence-corrected chi connectivity index (χ2v) is 0. The van der Waals surface area contributed by atoms with Gasteiger partial charge in [0, 0.05) is 0 Å². The minimum Gasteiger partial charge on any atom is -0.769 e. The molecule has 4 heavy (non-hydrogen) atoms. The van der Waals surface area contributed by atoms with E-state index in [1.165, 1.54) is 0 Å². The van der Waals surface area contributed by atoms with E-state index in [-0.39, 0.29) is 43.1 Å². The Hall–Kier alpha value is 1.60. The molecule has 0 fully saturated rings. The molecule has 22 valence electrons. The summed E-state index contributed by atoms with van der Waals surface area (Å²) in [6.45, 7) is 0. The van der Waals surface area contributed by atoms with E-state index in [0.29, 0.717) is 0 Å². The van der Waals surface area contributed by atoms with Gasteiger partial charge in [-0.1, -0.05) is 0 Å². The summed E-state index contributed by atoms with van der Waals surface area (Å²) in [6.07, 6.45) is 0. The van der Waals surface area contributed by atoms with Gasteiger partial charge in [-0.3, -0.25) is 0 Å². The van der Waals surface area contributed by atoms with Crippen molar-refractivity contribution in [1.29, 1.82) is 0 Å². The predicted octanol–water partition coefficient (Wildman–Crippen LogP) is -3.38. The third-order valence-corrected chi connectivity index (χ3v) is 0. The molecule has 1 nitrogen and oxygen atoms in total. The van der Waals surface area contributed by atoms with Crippen LogP contribution >= 0.6 is 25.4 Å². The molecule has 0 N–H and O–H groups in total. The Bertz CT molecular complexity index is 8.00. The van der Waals surface area contributed by atoms with Crippen molar-refractivity contribution in [3.8, 4) is 0 Å². The smallest absolute Gasteiger partial charge is 0.769 e. The summed E-state index contributed by atoms with van der Waals surface area (Å²) in [4.78, 5) is 0. The Morgan fingerprint density at radius 2 is 1.25 bits per heavy atom. The first kappa shape index (κ1) is 17.5. The molecule has 0 rings (SSSR count). The van der Waals surface area contributed by atoms with Crippen molar-refractivity contribution in [2.24, 2.45) is 0 Å². The first-order valence-corrected chi connectivity index (χ1v) is 0.463. The van der Waals surface area contributed by atoms with Crippen molar-refractivity contribution >= 4 is 25.4 Å². The first-order chi connectivity index (χ1) is 1.00. The molecule has 0 unspecified atom stereocenters. The zero-order valence-electron chi connectivity index (χ0n) is 2.29. The number of halogens is 1. The van der Waals surface area contributed by atoms with Crippen LogP contribution in [0.15, 0.2) is 0 Å². The van der Waals surface area contributed by atoms with Crippen LogP contribution in [0.2, 0.25) is 0 Å². The van der Waals surface area contributed by atoms with E-state index in [0.717, 1.165) is 0 Å². The normalized spacial score (nSPS) is 1.50. The van der Waals surface area contributed by atoms with Gasteiger partial charge in [0.2, 0.25) is 0 Å². The fraction of sp³-hybridized carbons (Fsp3) is 0. The van der Waals surface area contributed by atoms with Gasteiger partial charge in [0.25, 0.3) is 0 Å². The summed E-state index contributed by atoms with van der Waals surface area (Å²) in [5, 5.41) is 0. The topological polar surface area (TPSA) is 23.1 Å². The van der Waals surface area contributed by atoms with Crippen LogP contribution in [-0.4, -0.2) is 0 Å². The maximum Gasteiger partial charge on any atom is 1.00 e. The fourth-order valence-corrected chi connectivity index (χ4v) is 0. The van der Waals surface area contributed by atoms with Crippen LogP contribution in [0, 0.1) is 0 Å². The van der Waals surface area contributed by atoms with Crippen molar-refractivity contribution in [3.05, 3.63) is 0 Å². The summed E-state index contributed by atoms with van der Waals surface area (Å²) in [5.74, 6) is 0. The molecule has 0 bridgehead atoms. The minimum atomic E-state index is 0. The Morgan fingerprint density at radius 1 is 1.25 bits per heavy atom. The molecule has 0 aromatic rings. The quantitative estimate of drug-likeness (QED) is 0.297. The van der Waals surface area contributed by atoms with E-state index in [2.05, 4.69) is 11.9 Å². The van der Waals surface area contributed by atoms with Gasteiger partial charge in [-0.2, -0.15) is 13.5 Å². The van der Waals surface area contributed by atoms with E-state index in [4.69, 9.17) is 4.66 Å². The summed E-state index contributed by atoms with van der Waals surface area (Å²) >= 11 is 3.39. The third kappa shape index (κ3) is 9.51. The number of hydrogen-bond acceptors (Lipinski definition) is 1. The van der Waals surface area contributed by atoms with Crippen molar-refractivity contribution in [1.82, 2.24) is 0 Å². The van der Waals surface area contributed by atoms with Crippen LogP contribution < -0.4 is 34.2 Å². The summed E-state index contributed by atoms with van der Waals surface area (Å²) < 4.78 is 7.72. The van der Waals surface area contributed by atoms with Crippen LogP contribution in [-0.2, 0) is 0 Å². The molecule has 0 heterocycles. The molecular formula is H2ClNaOS. The molecule has 0 aliphatic carbocycles. The monoisotopic (exact) mass is 108 g/mol. The number of hydrogen-bond donors (Lipinski definition) is 0. The Kier molecular flexibility index (Phi) is 102. The Morgan fingerprint density at radius 3 is 1.25 bits per heavy atom. The second-order valence-electron chi connectivity index (χ2n) is 0. The SMILES string of the molecule is S.[Na+].[O-]Cl. The van der Waals surface area contributed by atoms with Gasteiger partial charge in [-0.15, -0.1) is 0 Å². The van der Waals surface area contributed by atoms with Crippen LogP contribution in [0.25, 0.3) is 0 Å². The second kappa shape index (κ2) is 23.3. The maximum atomic E-state index is 7.72. The molecule has 0 aliphatic rings. The van der Waals surface area contributed by atoms with Gasteiger partial charge in [0.05, 0.1) is 0 Å². The van der Waals surface area contributed by atoms with E-state index < -0.39 is 0 Å². The first-order valence-electron chi connectivity index (χ1n) is 0.154. The summed E-state index contributed by atoms with van der Waals surface area (Å²) in [5.41, 5.74) is 0. The molecule has 0 aromatic carbocycles. The van der Waals surface area contributed by atoms with Crippen molar-refractivity contribution in [2.75, 3.05) is 0 Å². The van der Waals surface area contributed by atoms with Gasteiger partial charge in [-0.05, 0) is 0 Å². The van der Waals surface area contributed by atoms with E-state index in [9.17, 15) is 0 Å².